The number of methoxy groups -OCH3 is 1. The third-order valence-corrected chi connectivity index (χ3v) is 3.49. The number of ether oxygens (including phenoxy) is 1. The Kier molecular flexibility index (Phi) is 3.84. The zero-order valence-corrected chi connectivity index (χ0v) is 12.2. The van der Waals surface area contributed by atoms with E-state index in [2.05, 4.69) is 10.2 Å². The minimum atomic E-state index is 0.589. The predicted molar refractivity (Wildman–Crippen MR) is 86.1 cm³/mol. The summed E-state index contributed by atoms with van der Waals surface area (Å²) in [4.78, 5) is 0. The number of fused-ring (bicyclic) bond motifs is 1. The lowest BCUT2D eigenvalue weighted by Crippen LogP contribution is -1.79. The Labute approximate surface area is 127 Å². The van der Waals surface area contributed by atoms with Crippen molar-refractivity contribution in [1.82, 2.24) is 0 Å². The highest BCUT2D eigenvalue weighted by Crippen LogP contribution is 2.34. The second-order valence-electron chi connectivity index (χ2n) is 4.52. The van der Waals surface area contributed by atoms with Crippen LogP contribution in [0, 0.1) is 0 Å². The molecule has 0 aliphatic heterocycles. The fraction of sp³-hybridized carbons (Fsp3) is 0.0588. The second-order valence-corrected chi connectivity index (χ2v) is 4.92. The average molecular weight is 297 g/mol. The van der Waals surface area contributed by atoms with Crippen molar-refractivity contribution >= 4 is 33.7 Å². The summed E-state index contributed by atoms with van der Waals surface area (Å²) in [6, 6.07) is 19.2. The van der Waals surface area contributed by atoms with Gasteiger partial charge in [-0.2, -0.15) is 5.11 Å². The van der Waals surface area contributed by atoms with Crippen LogP contribution in [0.25, 0.3) is 10.8 Å². The van der Waals surface area contributed by atoms with Crippen LogP contribution in [0.2, 0.25) is 5.02 Å². The minimum Gasteiger partial charge on any atom is -0.497 e. The lowest BCUT2D eigenvalue weighted by molar-refractivity contribution is 0.415. The molecule has 3 aromatic rings. The van der Waals surface area contributed by atoms with E-state index < -0.39 is 0 Å². The molecule has 0 fully saturated rings. The highest BCUT2D eigenvalue weighted by atomic mass is 35.5. The largest absolute Gasteiger partial charge is 0.497 e. The molecule has 0 bridgehead atoms. The smallest absolute Gasteiger partial charge is 0.119 e. The Bertz CT molecular complexity index is 797. The lowest BCUT2D eigenvalue weighted by Gasteiger charge is -2.03. The van der Waals surface area contributed by atoms with E-state index in [4.69, 9.17) is 16.3 Å². The first-order chi connectivity index (χ1) is 10.3. The summed E-state index contributed by atoms with van der Waals surface area (Å²) in [5.74, 6) is 0.789. The van der Waals surface area contributed by atoms with Crippen molar-refractivity contribution in [3.63, 3.8) is 0 Å². The van der Waals surface area contributed by atoms with E-state index in [1.807, 2.05) is 60.7 Å². The van der Waals surface area contributed by atoms with Gasteiger partial charge in [0.2, 0.25) is 0 Å². The van der Waals surface area contributed by atoms with E-state index in [0.717, 1.165) is 22.2 Å². The molecule has 0 spiro atoms. The molecular formula is C17H13ClN2O. The molecule has 3 aromatic carbocycles. The number of nitrogens with zero attached hydrogens (tertiary/aromatic N) is 2. The zero-order valence-electron chi connectivity index (χ0n) is 11.5. The summed E-state index contributed by atoms with van der Waals surface area (Å²) in [5, 5.41) is 11.2. The first-order valence-corrected chi connectivity index (χ1v) is 6.89. The van der Waals surface area contributed by atoms with E-state index in [0.29, 0.717) is 10.7 Å². The normalized spacial score (nSPS) is 11.1. The van der Waals surface area contributed by atoms with Gasteiger partial charge in [0.15, 0.2) is 0 Å². The van der Waals surface area contributed by atoms with Crippen LogP contribution >= 0.6 is 11.6 Å². The molecule has 0 aliphatic carbocycles. The third-order valence-electron chi connectivity index (χ3n) is 3.19. The standard InChI is InChI=1S/C17H13ClN2O/c1-21-14-9-7-13(8-10-14)19-20-17-15-5-3-2-4-12(15)6-11-16(17)18/h2-11H,1H3. The van der Waals surface area contributed by atoms with Crippen molar-refractivity contribution in [2.45, 2.75) is 0 Å². The van der Waals surface area contributed by atoms with E-state index >= 15 is 0 Å². The van der Waals surface area contributed by atoms with Gasteiger partial charge in [-0.15, -0.1) is 5.11 Å². The van der Waals surface area contributed by atoms with Gasteiger partial charge < -0.3 is 4.74 Å². The van der Waals surface area contributed by atoms with Crippen molar-refractivity contribution in [3.05, 3.63) is 65.7 Å². The number of halogens is 1. The van der Waals surface area contributed by atoms with Crippen molar-refractivity contribution in [3.8, 4) is 5.75 Å². The lowest BCUT2D eigenvalue weighted by atomic mass is 10.1. The predicted octanol–water partition coefficient (Wildman–Crippen LogP) is 5.92. The Balaban J connectivity index is 2.00. The summed E-state index contributed by atoms with van der Waals surface area (Å²) in [6.45, 7) is 0. The monoisotopic (exact) mass is 296 g/mol. The van der Waals surface area contributed by atoms with E-state index in [9.17, 15) is 0 Å². The molecule has 0 atom stereocenters. The van der Waals surface area contributed by atoms with Gasteiger partial charge in [-0.05, 0) is 35.7 Å². The summed E-state index contributed by atoms with van der Waals surface area (Å²) >= 11 is 6.24. The van der Waals surface area contributed by atoms with Gasteiger partial charge in [0, 0.05) is 5.39 Å². The quantitative estimate of drug-likeness (QED) is 0.552. The molecular weight excluding hydrogens is 284 g/mol. The maximum atomic E-state index is 6.24. The Morgan fingerprint density at radius 1 is 0.857 bits per heavy atom. The van der Waals surface area contributed by atoms with Gasteiger partial charge in [-0.1, -0.05) is 41.9 Å². The van der Waals surface area contributed by atoms with Crippen LogP contribution in [0.15, 0.2) is 70.9 Å². The first-order valence-electron chi connectivity index (χ1n) is 6.51. The molecule has 3 nitrogen and oxygen atoms in total. The van der Waals surface area contributed by atoms with Crippen LogP contribution in [0.1, 0.15) is 0 Å². The second kappa shape index (κ2) is 5.94. The molecule has 0 aliphatic rings. The SMILES string of the molecule is COc1ccc(N=Nc2c(Cl)ccc3ccccc23)cc1. The summed E-state index contributed by atoms with van der Waals surface area (Å²) < 4.78 is 5.12. The van der Waals surface area contributed by atoms with E-state index in [1.165, 1.54) is 0 Å². The molecule has 0 unspecified atom stereocenters. The minimum absolute atomic E-state index is 0.589. The van der Waals surface area contributed by atoms with E-state index in [1.54, 1.807) is 7.11 Å². The van der Waals surface area contributed by atoms with Crippen LogP contribution in [0.4, 0.5) is 11.4 Å². The molecule has 0 amide bonds. The first kappa shape index (κ1) is 13.6. The molecule has 104 valence electrons. The summed E-state index contributed by atoms with van der Waals surface area (Å²) in [5.41, 5.74) is 1.44. The van der Waals surface area contributed by atoms with Crippen LogP contribution in [0.3, 0.4) is 0 Å². The fourth-order valence-electron chi connectivity index (χ4n) is 2.09. The van der Waals surface area contributed by atoms with Gasteiger partial charge in [-0.25, -0.2) is 0 Å². The summed E-state index contributed by atoms with van der Waals surface area (Å²) in [6.07, 6.45) is 0. The van der Waals surface area contributed by atoms with Gasteiger partial charge in [0.1, 0.15) is 11.4 Å². The zero-order chi connectivity index (χ0) is 14.7. The molecule has 0 radical (unpaired) electrons. The van der Waals surface area contributed by atoms with Gasteiger partial charge in [0.25, 0.3) is 0 Å². The van der Waals surface area contributed by atoms with Crippen molar-refractivity contribution in [2.24, 2.45) is 10.2 Å². The van der Waals surface area contributed by atoms with Crippen LogP contribution in [-0.2, 0) is 0 Å². The molecule has 0 saturated heterocycles. The fourth-order valence-corrected chi connectivity index (χ4v) is 2.29. The van der Waals surface area contributed by atoms with Crippen molar-refractivity contribution < 1.29 is 4.74 Å². The van der Waals surface area contributed by atoms with Crippen molar-refractivity contribution in [2.75, 3.05) is 7.11 Å². The highest BCUT2D eigenvalue weighted by molar-refractivity contribution is 6.34. The summed E-state index contributed by atoms with van der Waals surface area (Å²) in [7, 11) is 1.63. The Hall–Kier alpha value is -2.39. The molecule has 0 heterocycles. The molecule has 0 saturated carbocycles. The Morgan fingerprint density at radius 2 is 1.62 bits per heavy atom. The molecule has 0 N–H and O–H groups in total. The molecule has 4 heteroatoms. The average Bonchev–Trinajstić information content (AvgIpc) is 2.54. The highest BCUT2D eigenvalue weighted by Gasteiger charge is 2.05. The topological polar surface area (TPSA) is 34.0 Å². The van der Waals surface area contributed by atoms with Crippen LogP contribution < -0.4 is 4.74 Å². The molecule has 3 rings (SSSR count). The number of hydrogen-bond acceptors (Lipinski definition) is 3. The third kappa shape index (κ3) is 2.88. The molecule has 21 heavy (non-hydrogen) atoms. The molecule has 0 aromatic heterocycles. The van der Waals surface area contributed by atoms with E-state index in [-0.39, 0.29) is 0 Å². The number of azo groups is 1. The Morgan fingerprint density at radius 3 is 2.38 bits per heavy atom. The maximum Gasteiger partial charge on any atom is 0.119 e. The van der Waals surface area contributed by atoms with Gasteiger partial charge in [0.05, 0.1) is 17.8 Å². The van der Waals surface area contributed by atoms with Crippen LogP contribution in [-0.4, -0.2) is 7.11 Å². The van der Waals surface area contributed by atoms with Gasteiger partial charge in [-0.3, -0.25) is 0 Å². The number of rotatable bonds is 3. The van der Waals surface area contributed by atoms with Gasteiger partial charge >= 0.3 is 0 Å². The van der Waals surface area contributed by atoms with Crippen LogP contribution in [0.5, 0.6) is 5.75 Å². The number of benzene rings is 3. The maximum absolute atomic E-state index is 6.24. The van der Waals surface area contributed by atoms with Crippen molar-refractivity contribution in [1.29, 1.82) is 0 Å². The number of hydrogen-bond donors (Lipinski definition) is 0.